The van der Waals surface area contributed by atoms with Crippen molar-refractivity contribution in [3.05, 3.63) is 256 Å². The first kappa shape index (κ1) is 112. The van der Waals surface area contributed by atoms with Gasteiger partial charge in [-0.15, -0.1) is 0 Å². The van der Waals surface area contributed by atoms with E-state index in [-0.39, 0.29) is 29.3 Å². The summed E-state index contributed by atoms with van der Waals surface area (Å²) in [5.41, 5.74) is 12.8. The Morgan fingerprint density at radius 1 is 0.437 bits per heavy atom. The van der Waals surface area contributed by atoms with Crippen molar-refractivity contribution in [2.45, 2.75) is 99.3 Å². The number of nitrogens with zero attached hydrogens (tertiary/aromatic N) is 14. The van der Waals surface area contributed by atoms with Gasteiger partial charge >= 0.3 is 25.6 Å². The minimum atomic E-state index is -1.31. The number of likely N-dealkylation sites (tertiary alicyclic amines) is 2. The van der Waals surface area contributed by atoms with E-state index in [1.54, 1.807) is 163 Å². The normalized spacial score (nSPS) is 12.2. The van der Waals surface area contributed by atoms with E-state index in [1.807, 2.05) is 64.2 Å². The van der Waals surface area contributed by atoms with E-state index in [9.17, 15) is 33.6 Å². The number of carboxylic acid groups (broad SMARTS) is 3. The van der Waals surface area contributed by atoms with Crippen molar-refractivity contribution in [2.75, 3.05) is 96.9 Å². The molecule has 8 N–H and O–H groups in total. The smallest absolute Gasteiger partial charge is 0.510 e. The Bertz CT molecular complexity index is 6660. The molecule has 142 heavy (non-hydrogen) atoms. The predicted octanol–water partition coefficient (Wildman–Crippen LogP) is 20.4. The van der Waals surface area contributed by atoms with E-state index in [0.29, 0.717) is 135 Å². The molecular formula is C102H110BCl5N17O17. The molecule has 34 nitrogen and oxygen atoms in total. The van der Waals surface area contributed by atoms with Crippen molar-refractivity contribution in [2.24, 2.45) is 5.73 Å². The van der Waals surface area contributed by atoms with E-state index < -0.39 is 24.3 Å². The second kappa shape index (κ2) is 60.2. The lowest BCUT2D eigenvalue weighted by atomic mass is 10.1. The molecule has 17 heterocycles. The first-order chi connectivity index (χ1) is 68.8. The first-order valence-electron chi connectivity index (χ1n) is 45.7. The standard InChI is InChI=1S/C27H35N5O2.C19H18ClN3O2.C15H9ClN2O3.C13H7ClN2O2.C8H4Cl2N2.C8H18N2.C5H4BO4.C4H11N.C3H4O4/c1-3-32(4-2)27(33)12-10-21-9-11-26(34-21)25-19-24(22-20-28-15-13-23(22)30-25)29-14-8-18-31-16-6-5-7-17-31;1-3-23(4-2)19(24)8-6-13-5-7-18(25-13)17-11-15(20)14-12-21-10-9-16(14)22-17;16-11-7-13(18-12-5-6-17-8-10(11)12)14-3-1-9(21-14)2-4-15(19)20;14-10-5-12(13-2-1-8(7-17)18-13)16-11-3-4-15-6-9(10)11;9-6-3-8(10)12-7-1-2-11-4-5(6)7;9-5-4-8-10-6-2-1-3-7-10;7-3-4-1-2-5(9-4)10-6-8;1-3-5-4-2;4-2(5)1-3(6)7/h9-13,15,19-20H,3-8,14,16-18H2,1-2H3,(H,29,30);5-12H,3-4H2,1-2H3;1-8H,(H,19,20);1-7H;1-4H;1-9H2;1-3,8H;5H,3-4H2,1-2H3;1H2,(H,4,5)(H,6,7)/b12-10+;8-6+;4-2+;;;;;;. The minimum Gasteiger partial charge on any atom is -0.510 e. The number of likely N-dealkylation sites (N-methyl/N-ethyl adjacent to an activating group) is 2. The molecule has 0 spiro atoms. The maximum atomic E-state index is 12.2. The molecule has 2 fully saturated rings. The third kappa shape index (κ3) is 36.3. The zero-order valence-corrected chi connectivity index (χ0v) is 82.9. The molecule has 15 aromatic rings. The molecule has 1 radical (unpaired) electrons. The fraction of sp³-hybridized carbons (Fsp3) is 0.284. The van der Waals surface area contributed by atoms with Gasteiger partial charge in [-0.3, -0.25) is 53.7 Å². The number of piperidine rings is 2. The average molecular weight is 2030 g/mol. The van der Waals surface area contributed by atoms with Crippen LogP contribution in [0.1, 0.15) is 138 Å². The summed E-state index contributed by atoms with van der Waals surface area (Å²) in [7, 11) is 0.480. The summed E-state index contributed by atoms with van der Waals surface area (Å²) < 4.78 is 31.7. The lowest BCUT2D eigenvalue weighted by molar-refractivity contribution is -0.147. The zero-order chi connectivity index (χ0) is 102. The van der Waals surface area contributed by atoms with Gasteiger partial charge in [0.05, 0.1) is 47.7 Å². The third-order valence-electron chi connectivity index (χ3n) is 21.0. The van der Waals surface area contributed by atoms with Gasteiger partial charge in [-0.1, -0.05) is 84.7 Å². The molecule has 0 aliphatic carbocycles. The number of nitrogens with two attached hydrogens (primary N) is 1. The van der Waals surface area contributed by atoms with Gasteiger partial charge in [0.1, 0.15) is 51.6 Å². The minimum absolute atomic E-state index is 0.0182. The highest BCUT2D eigenvalue weighted by molar-refractivity contribution is 6.38. The highest BCUT2D eigenvalue weighted by atomic mass is 35.5. The number of carbonyl (C=O) groups is 7. The summed E-state index contributed by atoms with van der Waals surface area (Å²) in [5, 5.41) is 45.6. The lowest BCUT2D eigenvalue weighted by Crippen LogP contribution is -2.31. The number of anilines is 1. The molecule has 17 rings (SSSR count). The van der Waals surface area contributed by atoms with E-state index in [1.165, 1.54) is 102 Å². The van der Waals surface area contributed by atoms with Crippen LogP contribution in [-0.2, 0) is 24.0 Å². The second-order valence-corrected chi connectivity index (χ2v) is 32.9. The largest absolute Gasteiger partial charge is 0.571 e. The number of hydrogen-bond donors (Lipinski definition) is 7. The number of halogens is 5. The summed E-state index contributed by atoms with van der Waals surface area (Å²) in [6.07, 6.45) is 36.6. The second-order valence-electron chi connectivity index (χ2n) is 30.8. The molecule has 0 atom stereocenters. The van der Waals surface area contributed by atoms with Crippen LogP contribution >= 0.6 is 58.0 Å². The van der Waals surface area contributed by atoms with Crippen LogP contribution < -0.4 is 21.0 Å². The zero-order valence-electron chi connectivity index (χ0n) is 79.1. The molecule has 0 saturated carbocycles. The van der Waals surface area contributed by atoms with Crippen LogP contribution in [0.5, 0.6) is 5.95 Å². The number of pyridine rings is 10. The van der Waals surface area contributed by atoms with E-state index >= 15 is 0 Å². The Hall–Kier alpha value is -14.0. The number of aromatic nitrogens is 10. The van der Waals surface area contributed by atoms with Crippen molar-refractivity contribution < 1.29 is 80.6 Å². The Balaban J connectivity index is 0.000000187. The maximum Gasteiger partial charge on any atom is 0.571 e. The van der Waals surface area contributed by atoms with Crippen molar-refractivity contribution in [1.82, 2.24) is 74.8 Å². The Morgan fingerprint density at radius 3 is 1.13 bits per heavy atom. The molecule has 743 valence electrons. The number of amides is 2. The summed E-state index contributed by atoms with van der Waals surface area (Å²) in [4.78, 5) is 125. The van der Waals surface area contributed by atoms with Crippen molar-refractivity contribution in [1.29, 1.82) is 0 Å². The SMILES string of the molecule is CCN(CC)C(=O)/C=C/c1ccc(-c2cc(Cl)c3cnccc3n2)o1.CCN(CC)C(=O)/C=C/c1ccc(-c2cc(NCCCN3CCCCC3)c3cnccc3n2)o1.CCNCC.Clc1cc(Cl)c2cnccc2n1.NCCCN1CCCCC1.O=C(O)/C=C/c1ccc(-c2cc(Cl)c3cnccc3n2)o1.O=C(O)CC(=O)O.O=Cc1ccc(-c2cc(Cl)c3cnccc3n2)o1.O=Cc1ccc(O[B]O)o1. The average Bonchev–Trinajstić information content (AvgIpc) is 1.34. The van der Waals surface area contributed by atoms with Gasteiger partial charge in [-0.2, -0.15) is 0 Å². The van der Waals surface area contributed by atoms with Crippen molar-refractivity contribution in [3.8, 4) is 51.8 Å². The van der Waals surface area contributed by atoms with Crippen molar-refractivity contribution in [3.63, 3.8) is 0 Å². The highest BCUT2D eigenvalue weighted by Crippen LogP contribution is 2.35. The van der Waals surface area contributed by atoms with Crippen LogP contribution in [0, 0.1) is 0 Å². The Kier molecular flexibility index (Phi) is 47.4. The number of carbonyl (C=O) groups excluding carboxylic acids is 4. The fourth-order valence-corrected chi connectivity index (χ4v) is 15.2. The Labute approximate surface area is 845 Å². The number of furan rings is 5. The van der Waals surface area contributed by atoms with Gasteiger partial charge in [0.25, 0.3) is 5.95 Å². The number of hydrogen-bond acceptors (Lipinski definition) is 29. The van der Waals surface area contributed by atoms with Crippen molar-refractivity contribution >= 4 is 186 Å². The van der Waals surface area contributed by atoms with Gasteiger partial charge in [-0.05, 0) is 259 Å². The molecule has 2 amide bonds. The van der Waals surface area contributed by atoms with Crippen LogP contribution in [0.3, 0.4) is 0 Å². The molecule has 0 unspecified atom stereocenters. The number of aldehydes is 2. The van der Waals surface area contributed by atoms with Gasteiger partial charge in [0, 0.05) is 152 Å². The topological polar surface area (TPSA) is 467 Å². The number of nitrogens with one attached hydrogen (secondary N) is 2. The molecule has 2 aliphatic rings. The Morgan fingerprint density at radius 2 is 0.782 bits per heavy atom. The maximum absolute atomic E-state index is 12.2. The van der Waals surface area contributed by atoms with Crippen LogP contribution in [0.15, 0.2) is 224 Å². The van der Waals surface area contributed by atoms with Gasteiger partial charge in [0.15, 0.2) is 47.1 Å². The number of fused-ring (bicyclic) bond motifs is 5. The predicted molar refractivity (Wildman–Crippen MR) is 554 cm³/mol. The first-order valence-corrected chi connectivity index (χ1v) is 47.6. The highest BCUT2D eigenvalue weighted by Gasteiger charge is 2.19. The van der Waals surface area contributed by atoms with E-state index in [2.05, 4.69) is 83.8 Å². The summed E-state index contributed by atoms with van der Waals surface area (Å²) in [6.45, 7) is 26.1. The lowest BCUT2D eigenvalue weighted by Gasteiger charge is -2.26. The monoisotopic (exact) mass is 2030 g/mol. The molecular weight excluding hydrogens is 1920 g/mol. The molecule has 0 aromatic carbocycles. The van der Waals surface area contributed by atoms with Gasteiger partial charge in [-0.25, -0.2) is 29.7 Å². The summed E-state index contributed by atoms with van der Waals surface area (Å²) >= 11 is 30.3. The van der Waals surface area contributed by atoms with E-state index in [0.717, 1.165) is 106 Å². The van der Waals surface area contributed by atoms with E-state index in [4.69, 9.17) is 111 Å². The molecule has 15 aromatic heterocycles. The van der Waals surface area contributed by atoms with Gasteiger partial charge in [0.2, 0.25) is 11.8 Å². The van der Waals surface area contributed by atoms with Gasteiger partial charge < -0.3 is 83.1 Å². The third-order valence-corrected chi connectivity index (χ3v) is 22.4. The van der Waals surface area contributed by atoms with Crippen LogP contribution in [0.4, 0.5) is 5.69 Å². The summed E-state index contributed by atoms with van der Waals surface area (Å²) in [5.74, 6) is 0.731. The van der Waals surface area contributed by atoms with Crippen LogP contribution in [-0.4, -0.2) is 231 Å². The number of rotatable bonds is 30. The molecule has 2 saturated heterocycles. The number of carboxylic acids is 3. The molecule has 0 bridgehead atoms. The summed E-state index contributed by atoms with van der Waals surface area (Å²) in [6, 6.07) is 34.7. The molecule has 2 aliphatic heterocycles. The molecule has 40 heteroatoms. The van der Waals surface area contributed by atoms with Crippen LogP contribution in [0.2, 0.25) is 25.2 Å². The number of aliphatic carboxylic acids is 3. The fourth-order valence-electron chi connectivity index (χ4n) is 13.9. The quantitative estimate of drug-likeness (QED) is 0.00549. The van der Waals surface area contributed by atoms with Crippen LogP contribution in [0.25, 0.3) is 119 Å².